The maximum Gasteiger partial charge on any atom is 0.00388 e. The minimum Gasteiger partial charge on any atom is -0.300 e. The van der Waals surface area contributed by atoms with Gasteiger partial charge in [0.15, 0.2) is 0 Å². The molecule has 2 bridgehead atoms. The van der Waals surface area contributed by atoms with Gasteiger partial charge in [0.05, 0.1) is 0 Å². The molecule has 1 aliphatic carbocycles. The van der Waals surface area contributed by atoms with Crippen LogP contribution in [0, 0.1) is 17.8 Å². The van der Waals surface area contributed by atoms with Crippen LogP contribution in [0.2, 0.25) is 0 Å². The molecule has 0 aromatic heterocycles. The molecular formula is C12H23N. The van der Waals surface area contributed by atoms with Gasteiger partial charge in [-0.2, -0.15) is 0 Å². The van der Waals surface area contributed by atoms with Crippen LogP contribution in [0.15, 0.2) is 0 Å². The average Bonchev–Trinajstić information content (AvgIpc) is 2.34. The summed E-state index contributed by atoms with van der Waals surface area (Å²) in [5.74, 6) is 3.13. The summed E-state index contributed by atoms with van der Waals surface area (Å²) in [5.41, 5.74) is 0. The second-order valence-electron chi connectivity index (χ2n) is 5.22. The first-order valence-corrected chi connectivity index (χ1v) is 5.96. The lowest BCUT2D eigenvalue weighted by molar-refractivity contribution is 0.0822. The number of nitrogens with zero attached hydrogens (tertiary/aromatic N) is 1. The van der Waals surface area contributed by atoms with Gasteiger partial charge in [-0.05, 0) is 44.4 Å². The predicted octanol–water partition coefficient (Wildman–Crippen LogP) is 2.76. The van der Waals surface area contributed by atoms with Crippen molar-refractivity contribution in [2.24, 2.45) is 17.8 Å². The molecule has 1 aliphatic heterocycles. The Bertz CT molecular complexity index is 162. The van der Waals surface area contributed by atoms with E-state index in [1.165, 1.54) is 32.4 Å². The molecule has 2 aliphatic rings. The highest BCUT2D eigenvalue weighted by atomic mass is 15.2. The lowest BCUT2D eigenvalue weighted by Crippen LogP contribution is -2.44. The molecule has 3 atom stereocenters. The molecule has 13 heavy (non-hydrogen) atoms. The molecule has 0 radical (unpaired) electrons. The molecule has 1 heterocycles. The van der Waals surface area contributed by atoms with Crippen molar-refractivity contribution in [2.75, 3.05) is 13.1 Å². The summed E-state index contributed by atoms with van der Waals surface area (Å²) in [6.45, 7) is 9.82. The zero-order chi connectivity index (χ0) is 9.42. The summed E-state index contributed by atoms with van der Waals surface area (Å²) in [6.07, 6.45) is 4.43. The van der Waals surface area contributed by atoms with Crippen LogP contribution >= 0.6 is 0 Å². The SMILES string of the molecule is CCC1[C@@H]2CC[C@H]1CN(C(C)C)C2. The van der Waals surface area contributed by atoms with Crippen LogP contribution in [0.5, 0.6) is 0 Å². The van der Waals surface area contributed by atoms with E-state index in [1.54, 1.807) is 0 Å². The van der Waals surface area contributed by atoms with Gasteiger partial charge < -0.3 is 4.90 Å². The van der Waals surface area contributed by atoms with E-state index in [4.69, 9.17) is 0 Å². The second kappa shape index (κ2) is 3.61. The van der Waals surface area contributed by atoms with E-state index < -0.39 is 0 Å². The monoisotopic (exact) mass is 181 g/mol. The summed E-state index contributed by atoms with van der Waals surface area (Å²) >= 11 is 0. The molecule has 2 fully saturated rings. The van der Waals surface area contributed by atoms with Crippen molar-refractivity contribution in [3.63, 3.8) is 0 Å². The number of likely N-dealkylation sites (tertiary alicyclic amines) is 1. The number of rotatable bonds is 2. The van der Waals surface area contributed by atoms with Gasteiger partial charge in [0.25, 0.3) is 0 Å². The molecule has 2 rings (SSSR count). The van der Waals surface area contributed by atoms with Crippen molar-refractivity contribution in [3.8, 4) is 0 Å². The van der Waals surface area contributed by atoms with Crippen molar-refractivity contribution in [3.05, 3.63) is 0 Å². The molecule has 1 saturated carbocycles. The van der Waals surface area contributed by atoms with E-state index in [0.717, 1.165) is 23.8 Å². The lowest BCUT2D eigenvalue weighted by Gasteiger charge is -2.39. The number of hydrogen-bond donors (Lipinski definition) is 0. The zero-order valence-electron chi connectivity index (χ0n) is 9.29. The highest BCUT2D eigenvalue weighted by Crippen LogP contribution is 2.43. The van der Waals surface area contributed by atoms with Gasteiger partial charge in [-0.3, -0.25) is 0 Å². The zero-order valence-corrected chi connectivity index (χ0v) is 9.29. The Hall–Kier alpha value is -0.0400. The van der Waals surface area contributed by atoms with Gasteiger partial charge in [0.2, 0.25) is 0 Å². The summed E-state index contributed by atoms with van der Waals surface area (Å²) in [4.78, 5) is 2.69. The van der Waals surface area contributed by atoms with Gasteiger partial charge in [0.1, 0.15) is 0 Å². The number of piperidine rings is 1. The maximum atomic E-state index is 2.69. The van der Waals surface area contributed by atoms with E-state index in [1.807, 2.05) is 0 Å². The van der Waals surface area contributed by atoms with Crippen LogP contribution in [0.1, 0.15) is 40.0 Å². The Balaban J connectivity index is 2.02. The Labute approximate surface area is 82.5 Å². The number of hydrogen-bond acceptors (Lipinski definition) is 1. The van der Waals surface area contributed by atoms with Crippen LogP contribution in [-0.4, -0.2) is 24.0 Å². The van der Waals surface area contributed by atoms with E-state index in [2.05, 4.69) is 25.7 Å². The summed E-state index contributed by atoms with van der Waals surface area (Å²) in [6, 6.07) is 0.765. The van der Waals surface area contributed by atoms with E-state index in [0.29, 0.717) is 0 Å². The normalized spacial score (nSPS) is 40.2. The Morgan fingerprint density at radius 3 is 2.08 bits per heavy atom. The van der Waals surface area contributed by atoms with Crippen molar-refractivity contribution < 1.29 is 0 Å². The Kier molecular flexibility index (Phi) is 2.64. The molecule has 0 spiro atoms. The predicted molar refractivity (Wildman–Crippen MR) is 56.7 cm³/mol. The molecule has 1 nitrogen and oxygen atoms in total. The maximum absolute atomic E-state index is 2.69. The first-order chi connectivity index (χ1) is 6.22. The lowest BCUT2D eigenvalue weighted by atomic mass is 9.83. The average molecular weight is 181 g/mol. The minimum atomic E-state index is 0.765. The Morgan fingerprint density at radius 1 is 1.15 bits per heavy atom. The van der Waals surface area contributed by atoms with E-state index >= 15 is 0 Å². The first kappa shape index (κ1) is 9.51. The van der Waals surface area contributed by atoms with Crippen LogP contribution in [-0.2, 0) is 0 Å². The topological polar surface area (TPSA) is 3.24 Å². The quantitative estimate of drug-likeness (QED) is 0.633. The molecular weight excluding hydrogens is 158 g/mol. The molecule has 0 N–H and O–H groups in total. The number of fused-ring (bicyclic) bond motifs is 2. The van der Waals surface area contributed by atoms with Gasteiger partial charge in [-0.1, -0.05) is 13.3 Å². The van der Waals surface area contributed by atoms with Gasteiger partial charge in [0, 0.05) is 19.1 Å². The fourth-order valence-electron chi connectivity index (χ4n) is 3.46. The van der Waals surface area contributed by atoms with Crippen LogP contribution in [0.25, 0.3) is 0 Å². The van der Waals surface area contributed by atoms with Crippen molar-refractivity contribution >= 4 is 0 Å². The first-order valence-electron chi connectivity index (χ1n) is 5.96. The molecule has 76 valence electrons. The highest BCUT2D eigenvalue weighted by molar-refractivity contribution is 4.92. The largest absolute Gasteiger partial charge is 0.300 e. The summed E-state index contributed by atoms with van der Waals surface area (Å²) < 4.78 is 0. The third kappa shape index (κ3) is 1.63. The van der Waals surface area contributed by atoms with Crippen molar-refractivity contribution in [1.29, 1.82) is 0 Å². The highest BCUT2D eigenvalue weighted by Gasteiger charge is 2.40. The van der Waals surface area contributed by atoms with Crippen molar-refractivity contribution in [2.45, 2.75) is 46.1 Å². The third-order valence-corrected chi connectivity index (χ3v) is 4.26. The van der Waals surface area contributed by atoms with E-state index in [-0.39, 0.29) is 0 Å². The van der Waals surface area contributed by atoms with Crippen LogP contribution in [0.4, 0.5) is 0 Å². The van der Waals surface area contributed by atoms with Crippen molar-refractivity contribution in [1.82, 2.24) is 4.90 Å². The fourth-order valence-corrected chi connectivity index (χ4v) is 3.46. The van der Waals surface area contributed by atoms with Gasteiger partial charge in [-0.25, -0.2) is 0 Å². The smallest absolute Gasteiger partial charge is 0.00388 e. The summed E-state index contributed by atoms with van der Waals surface area (Å²) in [7, 11) is 0. The second-order valence-corrected chi connectivity index (χ2v) is 5.22. The van der Waals surface area contributed by atoms with Gasteiger partial charge >= 0.3 is 0 Å². The molecule has 1 unspecified atom stereocenters. The van der Waals surface area contributed by atoms with Crippen LogP contribution < -0.4 is 0 Å². The minimum absolute atomic E-state index is 0.765. The van der Waals surface area contributed by atoms with Crippen LogP contribution in [0.3, 0.4) is 0 Å². The molecule has 0 aromatic rings. The molecule has 1 heteroatoms. The Morgan fingerprint density at radius 2 is 1.69 bits per heavy atom. The fraction of sp³-hybridized carbons (Fsp3) is 1.00. The summed E-state index contributed by atoms with van der Waals surface area (Å²) in [5, 5.41) is 0. The van der Waals surface area contributed by atoms with Gasteiger partial charge in [-0.15, -0.1) is 0 Å². The van der Waals surface area contributed by atoms with E-state index in [9.17, 15) is 0 Å². The molecule has 0 aromatic carbocycles. The molecule has 0 amide bonds. The standard InChI is InChI=1S/C12H23N/c1-4-12-10-5-6-11(12)8-13(7-10)9(2)3/h9-12H,4-8H2,1-3H3/t10-,11+,12?. The third-order valence-electron chi connectivity index (χ3n) is 4.26. The molecule has 1 saturated heterocycles.